The van der Waals surface area contributed by atoms with Crippen LogP contribution in [0.3, 0.4) is 0 Å². The molecule has 0 spiro atoms. The minimum absolute atomic E-state index is 0.0238. The van der Waals surface area contributed by atoms with Crippen molar-refractivity contribution in [1.82, 2.24) is 15.5 Å². The van der Waals surface area contributed by atoms with Crippen LogP contribution in [0.25, 0.3) is 0 Å². The van der Waals surface area contributed by atoms with Crippen LogP contribution in [0.1, 0.15) is 58.4 Å². The Kier molecular flexibility index (Phi) is 5.65. The van der Waals surface area contributed by atoms with E-state index in [1.807, 2.05) is 37.3 Å². The van der Waals surface area contributed by atoms with Gasteiger partial charge in [0, 0.05) is 37.7 Å². The van der Waals surface area contributed by atoms with Crippen LogP contribution in [0.15, 0.2) is 42.5 Å². The molecule has 0 aliphatic carbocycles. The third-order valence-electron chi connectivity index (χ3n) is 5.76. The van der Waals surface area contributed by atoms with Crippen molar-refractivity contribution < 1.29 is 14.4 Å². The van der Waals surface area contributed by atoms with E-state index in [9.17, 15) is 14.4 Å². The molecule has 2 aromatic rings. The number of imide groups is 1. The number of carbonyl (C=O) groups excluding carboxylic acids is 3. The number of fused-ring (bicyclic) bond motifs is 1. The van der Waals surface area contributed by atoms with E-state index in [1.54, 1.807) is 4.90 Å². The molecule has 3 amide bonds. The van der Waals surface area contributed by atoms with Gasteiger partial charge in [-0.1, -0.05) is 36.4 Å². The summed E-state index contributed by atoms with van der Waals surface area (Å²) in [5.41, 5.74) is 10.7. The number of benzene rings is 2. The number of carbonyl (C=O) groups is 3. The molecule has 0 radical (unpaired) electrons. The topological polar surface area (TPSA) is 105 Å². The zero-order valence-corrected chi connectivity index (χ0v) is 17.0. The molecule has 1 saturated heterocycles. The molecule has 7 nitrogen and oxygen atoms in total. The highest BCUT2D eigenvalue weighted by atomic mass is 16.2. The molecular weight excluding hydrogens is 380 g/mol. The van der Waals surface area contributed by atoms with Crippen LogP contribution in [-0.2, 0) is 29.2 Å². The summed E-state index contributed by atoms with van der Waals surface area (Å²) in [6.45, 7) is 3.71. The second-order valence-electron chi connectivity index (χ2n) is 8.03. The average Bonchev–Trinajstić information content (AvgIpc) is 3.04. The van der Waals surface area contributed by atoms with Crippen LogP contribution < -0.4 is 16.4 Å². The first-order chi connectivity index (χ1) is 14.4. The van der Waals surface area contributed by atoms with Gasteiger partial charge in [-0.15, -0.1) is 0 Å². The van der Waals surface area contributed by atoms with Crippen molar-refractivity contribution in [3.05, 3.63) is 70.3 Å². The molecule has 1 fully saturated rings. The zero-order chi connectivity index (χ0) is 21.3. The normalized spacial score (nSPS) is 19.6. The molecule has 2 unspecified atom stereocenters. The van der Waals surface area contributed by atoms with Crippen LogP contribution >= 0.6 is 0 Å². The van der Waals surface area contributed by atoms with E-state index in [0.717, 1.165) is 16.7 Å². The number of nitrogens with zero attached hydrogens (tertiary/aromatic N) is 1. The SMILES string of the molecule is CC(N)c1ccc(CNCc2ccc3c(c2)C(=O)N(C2CCC(=O)NC2=O)C3)cc1. The summed E-state index contributed by atoms with van der Waals surface area (Å²) in [4.78, 5) is 38.0. The van der Waals surface area contributed by atoms with E-state index in [2.05, 4.69) is 22.8 Å². The molecule has 4 rings (SSSR count). The summed E-state index contributed by atoms with van der Waals surface area (Å²) in [5.74, 6) is -0.807. The van der Waals surface area contributed by atoms with Crippen LogP contribution in [-0.4, -0.2) is 28.7 Å². The van der Waals surface area contributed by atoms with Gasteiger partial charge in [0.1, 0.15) is 6.04 Å². The third kappa shape index (κ3) is 4.13. The van der Waals surface area contributed by atoms with Gasteiger partial charge in [0.15, 0.2) is 0 Å². The Bertz CT molecular complexity index is 984. The fourth-order valence-corrected chi connectivity index (χ4v) is 4.00. The monoisotopic (exact) mass is 406 g/mol. The molecule has 0 aromatic heterocycles. The summed E-state index contributed by atoms with van der Waals surface area (Å²) in [7, 11) is 0. The second kappa shape index (κ2) is 8.38. The molecule has 0 saturated carbocycles. The number of hydrogen-bond acceptors (Lipinski definition) is 5. The number of nitrogens with two attached hydrogens (primary N) is 1. The molecule has 0 bridgehead atoms. The van der Waals surface area contributed by atoms with Crippen LogP contribution in [0.5, 0.6) is 0 Å². The average molecular weight is 406 g/mol. The van der Waals surface area contributed by atoms with Crippen molar-refractivity contribution in [3.8, 4) is 0 Å². The van der Waals surface area contributed by atoms with E-state index in [4.69, 9.17) is 5.73 Å². The van der Waals surface area contributed by atoms with Crippen molar-refractivity contribution in [1.29, 1.82) is 0 Å². The van der Waals surface area contributed by atoms with Crippen molar-refractivity contribution in [3.63, 3.8) is 0 Å². The standard InChI is InChI=1S/C23H26N4O3/c1-14(24)17-5-2-15(3-6-17)11-25-12-16-4-7-18-13-27(23(30)19(18)10-16)20-8-9-21(28)26-22(20)29/h2-7,10,14,20,25H,8-9,11-13,24H2,1H3,(H,26,28,29). The van der Waals surface area contributed by atoms with E-state index >= 15 is 0 Å². The lowest BCUT2D eigenvalue weighted by Crippen LogP contribution is -2.52. The number of nitrogens with one attached hydrogen (secondary N) is 2. The zero-order valence-electron chi connectivity index (χ0n) is 17.0. The van der Waals surface area contributed by atoms with Crippen LogP contribution in [0, 0.1) is 0 Å². The predicted molar refractivity (Wildman–Crippen MR) is 112 cm³/mol. The fraction of sp³-hybridized carbons (Fsp3) is 0.348. The van der Waals surface area contributed by atoms with Gasteiger partial charge in [0.25, 0.3) is 5.91 Å². The Morgan fingerprint density at radius 1 is 1.10 bits per heavy atom. The molecule has 2 aliphatic heterocycles. The molecule has 156 valence electrons. The molecule has 2 aromatic carbocycles. The fourth-order valence-electron chi connectivity index (χ4n) is 4.00. The molecular formula is C23H26N4O3. The van der Waals surface area contributed by atoms with Gasteiger partial charge < -0.3 is 16.0 Å². The van der Waals surface area contributed by atoms with Crippen molar-refractivity contribution in [2.75, 3.05) is 0 Å². The number of amides is 3. The predicted octanol–water partition coefficient (Wildman–Crippen LogP) is 1.76. The Balaban J connectivity index is 1.37. The summed E-state index contributed by atoms with van der Waals surface area (Å²) < 4.78 is 0. The van der Waals surface area contributed by atoms with Crippen molar-refractivity contribution in [2.45, 2.75) is 51.5 Å². The van der Waals surface area contributed by atoms with E-state index in [1.165, 1.54) is 5.56 Å². The molecule has 2 atom stereocenters. The minimum Gasteiger partial charge on any atom is -0.324 e. The van der Waals surface area contributed by atoms with Gasteiger partial charge in [-0.05, 0) is 41.7 Å². The maximum Gasteiger partial charge on any atom is 0.255 e. The van der Waals surface area contributed by atoms with E-state index < -0.39 is 6.04 Å². The summed E-state index contributed by atoms with van der Waals surface area (Å²) in [6, 6.07) is 13.5. The lowest BCUT2D eigenvalue weighted by atomic mass is 10.0. The van der Waals surface area contributed by atoms with Gasteiger partial charge in [-0.3, -0.25) is 19.7 Å². The first-order valence-corrected chi connectivity index (χ1v) is 10.2. The smallest absolute Gasteiger partial charge is 0.255 e. The maximum absolute atomic E-state index is 12.9. The first kappa shape index (κ1) is 20.3. The summed E-state index contributed by atoms with van der Waals surface area (Å²) in [6.07, 6.45) is 0.636. The largest absolute Gasteiger partial charge is 0.324 e. The lowest BCUT2D eigenvalue weighted by molar-refractivity contribution is -0.136. The highest BCUT2D eigenvalue weighted by molar-refractivity contribution is 6.05. The second-order valence-corrected chi connectivity index (χ2v) is 8.03. The molecule has 7 heteroatoms. The maximum atomic E-state index is 12.9. The Labute approximate surface area is 175 Å². The molecule has 2 aliphatic rings. The number of rotatable bonds is 6. The minimum atomic E-state index is -0.580. The number of hydrogen-bond donors (Lipinski definition) is 3. The molecule has 2 heterocycles. The third-order valence-corrected chi connectivity index (χ3v) is 5.76. The van der Waals surface area contributed by atoms with Gasteiger partial charge in [0.05, 0.1) is 0 Å². The van der Waals surface area contributed by atoms with Gasteiger partial charge in [-0.25, -0.2) is 0 Å². The highest BCUT2D eigenvalue weighted by Gasteiger charge is 2.39. The number of piperidine rings is 1. The van der Waals surface area contributed by atoms with E-state index in [0.29, 0.717) is 31.6 Å². The van der Waals surface area contributed by atoms with Gasteiger partial charge in [-0.2, -0.15) is 0 Å². The van der Waals surface area contributed by atoms with Crippen molar-refractivity contribution in [2.24, 2.45) is 5.73 Å². The van der Waals surface area contributed by atoms with Gasteiger partial charge >= 0.3 is 0 Å². The first-order valence-electron chi connectivity index (χ1n) is 10.2. The Morgan fingerprint density at radius 2 is 1.80 bits per heavy atom. The van der Waals surface area contributed by atoms with Crippen molar-refractivity contribution >= 4 is 17.7 Å². The Morgan fingerprint density at radius 3 is 2.50 bits per heavy atom. The lowest BCUT2D eigenvalue weighted by Gasteiger charge is -2.29. The van der Waals surface area contributed by atoms with Crippen LogP contribution in [0.4, 0.5) is 0 Å². The van der Waals surface area contributed by atoms with E-state index in [-0.39, 0.29) is 30.2 Å². The highest BCUT2D eigenvalue weighted by Crippen LogP contribution is 2.28. The summed E-state index contributed by atoms with van der Waals surface area (Å²) >= 11 is 0. The Hall–Kier alpha value is -3.03. The summed E-state index contributed by atoms with van der Waals surface area (Å²) in [5, 5.41) is 5.73. The molecule has 30 heavy (non-hydrogen) atoms. The molecule has 4 N–H and O–H groups in total. The quantitative estimate of drug-likeness (QED) is 0.634. The van der Waals surface area contributed by atoms with Crippen LogP contribution in [0.2, 0.25) is 0 Å². The van der Waals surface area contributed by atoms with Gasteiger partial charge in [0.2, 0.25) is 11.8 Å².